The molecule has 3 heteroatoms. The predicted octanol–water partition coefficient (Wildman–Crippen LogP) is 2.51. The Bertz CT molecular complexity index is 412. The number of ether oxygens (including phenoxy) is 2. The molecule has 1 unspecified atom stereocenters. The summed E-state index contributed by atoms with van der Waals surface area (Å²) in [4.78, 5) is 11.4. The summed E-state index contributed by atoms with van der Waals surface area (Å²) < 4.78 is 10.5. The molecular formula is C14H18O3. The van der Waals surface area contributed by atoms with Crippen LogP contribution in [0.5, 0.6) is 5.75 Å². The van der Waals surface area contributed by atoms with Gasteiger partial charge in [0, 0.05) is 0 Å². The second-order valence-corrected chi connectivity index (χ2v) is 4.30. The van der Waals surface area contributed by atoms with Crippen LogP contribution in [0, 0.1) is 0 Å². The highest BCUT2D eigenvalue weighted by atomic mass is 16.6. The first kappa shape index (κ1) is 12.0. The van der Waals surface area contributed by atoms with Crippen LogP contribution in [0.15, 0.2) is 18.2 Å². The van der Waals surface area contributed by atoms with E-state index in [9.17, 15) is 4.79 Å². The van der Waals surface area contributed by atoms with Crippen molar-refractivity contribution in [2.24, 2.45) is 0 Å². The molecule has 17 heavy (non-hydrogen) atoms. The molecule has 0 heterocycles. The molecule has 1 aromatic rings. The summed E-state index contributed by atoms with van der Waals surface area (Å²) in [5.74, 6) is 0.444. The zero-order chi connectivity index (χ0) is 12.3. The maximum atomic E-state index is 11.4. The average molecular weight is 234 g/mol. The van der Waals surface area contributed by atoms with Crippen molar-refractivity contribution in [3.8, 4) is 5.75 Å². The summed E-state index contributed by atoms with van der Waals surface area (Å²) in [6.07, 6.45) is 2.93. The van der Waals surface area contributed by atoms with Gasteiger partial charge >= 0.3 is 5.97 Å². The third-order valence-corrected chi connectivity index (χ3v) is 3.00. The van der Waals surface area contributed by atoms with Crippen molar-refractivity contribution in [2.45, 2.75) is 39.2 Å². The number of esters is 1. The summed E-state index contributed by atoms with van der Waals surface area (Å²) in [7, 11) is 0. The quantitative estimate of drug-likeness (QED) is 0.751. The average Bonchev–Trinajstić information content (AvgIpc) is 2.76. The lowest BCUT2D eigenvalue weighted by atomic mass is 10.1. The van der Waals surface area contributed by atoms with Crippen molar-refractivity contribution in [3.63, 3.8) is 0 Å². The fraction of sp³-hybridized carbons (Fsp3) is 0.500. The highest BCUT2D eigenvalue weighted by molar-refractivity contribution is 5.74. The number of hydrogen-bond donors (Lipinski definition) is 0. The third kappa shape index (κ3) is 2.78. The molecule has 0 saturated carbocycles. The summed E-state index contributed by atoms with van der Waals surface area (Å²) in [6.45, 7) is 3.89. The Morgan fingerprint density at radius 2 is 2.12 bits per heavy atom. The molecule has 1 aliphatic rings. The van der Waals surface area contributed by atoms with Gasteiger partial charge in [0.05, 0.1) is 6.61 Å². The highest BCUT2D eigenvalue weighted by Gasteiger charge is 2.17. The molecular weight excluding hydrogens is 216 g/mol. The lowest BCUT2D eigenvalue weighted by Gasteiger charge is -2.14. The second-order valence-electron chi connectivity index (χ2n) is 4.30. The van der Waals surface area contributed by atoms with Gasteiger partial charge in [-0.05, 0) is 56.4 Å². The number of benzene rings is 1. The Morgan fingerprint density at radius 1 is 1.35 bits per heavy atom. The third-order valence-electron chi connectivity index (χ3n) is 3.00. The summed E-state index contributed by atoms with van der Waals surface area (Å²) >= 11 is 0. The van der Waals surface area contributed by atoms with E-state index < -0.39 is 6.10 Å². The van der Waals surface area contributed by atoms with Crippen molar-refractivity contribution in [1.82, 2.24) is 0 Å². The fourth-order valence-electron chi connectivity index (χ4n) is 2.13. The zero-order valence-corrected chi connectivity index (χ0v) is 10.4. The molecule has 1 atom stereocenters. The summed E-state index contributed by atoms with van der Waals surface area (Å²) in [5, 5.41) is 0. The van der Waals surface area contributed by atoms with E-state index in [1.54, 1.807) is 13.8 Å². The van der Waals surface area contributed by atoms with E-state index in [2.05, 4.69) is 6.07 Å². The maximum Gasteiger partial charge on any atom is 0.347 e. The minimum atomic E-state index is -0.547. The molecule has 0 amide bonds. The van der Waals surface area contributed by atoms with Crippen molar-refractivity contribution in [1.29, 1.82) is 0 Å². The van der Waals surface area contributed by atoms with E-state index in [0.29, 0.717) is 6.61 Å². The van der Waals surface area contributed by atoms with Gasteiger partial charge in [-0.25, -0.2) is 4.79 Å². The Morgan fingerprint density at radius 3 is 2.88 bits per heavy atom. The predicted molar refractivity (Wildman–Crippen MR) is 65.2 cm³/mol. The largest absolute Gasteiger partial charge is 0.479 e. The number of carbonyl (C=O) groups excluding carboxylic acids is 1. The molecule has 92 valence electrons. The minimum absolute atomic E-state index is 0.312. The molecule has 3 nitrogen and oxygen atoms in total. The number of hydrogen-bond acceptors (Lipinski definition) is 3. The van der Waals surface area contributed by atoms with Gasteiger partial charge in [-0.2, -0.15) is 0 Å². The second kappa shape index (κ2) is 5.21. The number of aryl methyl sites for hydroxylation is 2. The first-order chi connectivity index (χ1) is 8.20. The Labute approximate surface area is 102 Å². The van der Waals surface area contributed by atoms with Crippen LogP contribution in [0.25, 0.3) is 0 Å². The van der Waals surface area contributed by atoms with Crippen LogP contribution >= 0.6 is 0 Å². The lowest BCUT2D eigenvalue weighted by molar-refractivity contribution is -0.150. The standard InChI is InChI=1S/C14H18O3/c1-3-16-14(15)10(2)17-13-8-7-11-5-4-6-12(11)9-13/h7-10H,3-6H2,1-2H3. The zero-order valence-electron chi connectivity index (χ0n) is 10.4. The van der Waals surface area contributed by atoms with Crippen molar-refractivity contribution < 1.29 is 14.3 Å². The first-order valence-electron chi connectivity index (χ1n) is 6.16. The topological polar surface area (TPSA) is 35.5 Å². The van der Waals surface area contributed by atoms with E-state index in [1.165, 1.54) is 17.5 Å². The summed E-state index contributed by atoms with van der Waals surface area (Å²) in [6, 6.07) is 6.06. The smallest absolute Gasteiger partial charge is 0.347 e. The van der Waals surface area contributed by atoms with Crippen molar-refractivity contribution in [2.75, 3.05) is 6.61 Å². The van der Waals surface area contributed by atoms with Crippen molar-refractivity contribution >= 4 is 5.97 Å². The SMILES string of the molecule is CCOC(=O)C(C)Oc1ccc2c(c1)CCC2. The molecule has 2 rings (SSSR count). The first-order valence-corrected chi connectivity index (χ1v) is 6.16. The van der Waals surface area contributed by atoms with Crippen molar-refractivity contribution in [3.05, 3.63) is 29.3 Å². The van der Waals surface area contributed by atoms with Gasteiger partial charge in [-0.15, -0.1) is 0 Å². The molecule has 0 aliphatic heterocycles. The maximum absolute atomic E-state index is 11.4. The van der Waals surface area contributed by atoms with Gasteiger partial charge in [-0.3, -0.25) is 0 Å². The number of carbonyl (C=O) groups is 1. The van der Waals surface area contributed by atoms with Crippen LogP contribution in [0.4, 0.5) is 0 Å². The molecule has 0 bridgehead atoms. The molecule has 0 aromatic heterocycles. The van der Waals surface area contributed by atoms with Crippen LogP contribution in [0.2, 0.25) is 0 Å². The van der Waals surface area contributed by atoms with Gasteiger partial charge in [0.15, 0.2) is 6.10 Å². The van der Waals surface area contributed by atoms with E-state index in [4.69, 9.17) is 9.47 Å². The molecule has 0 N–H and O–H groups in total. The number of rotatable bonds is 4. The van der Waals surface area contributed by atoms with Gasteiger partial charge < -0.3 is 9.47 Å². The molecule has 1 aromatic carbocycles. The van der Waals surface area contributed by atoms with Gasteiger partial charge in [0.2, 0.25) is 0 Å². The molecule has 0 fully saturated rings. The van der Waals surface area contributed by atoms with Crippen LogP contribution in [-0.2, 0) is 22.4 Å². The Kier molecular flexibility index (Phi) is 3.67. The minimum Gasteiger partial charge on any atom is -0.479 e. The molecule has 1 aliphatic carbocycles. The molecule has 0 radical (unpaired) electrons. The van der Waals surface area contributed by atoms with Crippen LogP contribution in [0.1, 0.15) is 31.4 Å². The van der Waals surface area contributed by atoms with Crippen LogP contribution in [-0.4, -0.2) is 18.7 Å². The molecule has 0 saturated heterocycles. The lowest BCUT2D eigenvalue weighted by Crippen LogP contribution is -2.26. The highest BCUT2D eigenvalue weighted by Crippen LogP contribution is 2.26. The monoisotopic (exact) mass is 234 g/mol. The van der Waals surface area contributed by atoms with E-state index in [-0.39, 0.29) is 5.97 Å². The Hall–Kier alpha value is -1.51. The van der Waals surface area contributed by atoms with Gasteiger partial charge in [-0.1, -0.05) is 6.07 Å². The fourth-order valence-corrected chi connectivity index (χ4v) is 2.13. The van der Waals surface area contributed by atoms with E-state index in [0.717, 1.165) is 18.6 Å². The molecule has 0 spiro atoms. The summed E-state index contributed by atoms with van der Waals surface area (Å²) in [5.41, 5.74) is 2.75. The normalized spacial score (nSPS) is 15.2. The van der Waals surface area contributed by atoms with E-state index in [1.807, 2.05) is 12.1 Å². The van der Waals surface area contributed by atoms with Crippen LogP contribution < -0.4 is 4.74 Å². The van der Waals surface area contributed by atoms with E-state index >= 15 is 0 Å². The number of fused-ring (bicyclic) bond motifs is 1. The van der Waals surface area contributed by atoms with Crippen LogP contribution in [0.3, 0.4) is 0 Å². The Balaban J connectivity index is 2.01. The van der Waals surface area contributed by atoms with Gasteiger partial charge in [0.1, 0.15) is 5.75 Å². The van der Waals surface area contributed by atoms with Gasteiger partial charge in [0.25, 0.3) is 0 Å².